The number of nitrogens with zero attached hydrogens (tertiary/aromatic N) is 1. The van der Waals surface area contributed by atoms with Crippen LogP contribution in [0.5, 0.6) is 0 Å². The van der Waals surface area contributed by atoms with Crippen LogP contribution in [0.15, 0.2) is 0 Å². The van der Waals surface area contributed by atoms with Crippen LogP contribution in [0.25, 0.3) is 0 Å². The molecule has 0 rings (SSSR count). The molecule has 0 aliphatic rings. The third-order valence-corrected chi connectivity index (χ3v) is 5.35. The Morgan fingerprint density at radius 3 is 1.89 bits per heavy atom. The third kappa shape index (κ3) is 7.70. The third-order valence-electron chi connectivity index (χ3n) is 4.16. The van der Waals surface area contributed by atoms with Crippen molar-refractivity contribution in [3.63, 3.8) is 0 Å². The van der Waals surface area contributed by atoms with Gasteiger partial charge in [0.25, 0.3) is 0 Å². The number of unbranched alkanes of at least 4 members (excludes halogenated alkanes) is 2. The number of rotatable bonds is 12. The van der Waals surface area contributed by atoms with E-state index in [0.29, 0.717) is 11.5 Å². The first-order valence-electron chi connectivity index (χ1n) is 8.35. The molecular formula is C17H36BrN. The molecule has 0 saturated heterocycles. The molecule has 0 fully saturated rings. The Labute approximate surface area is 130 Å². The van der Waals surface area contributed by atoms with E-state index < -0.39 is 0 Å². The lowest BCUT2D eigenvalue weighted by Crippen LogP contribution is -2.43. The van der Waals surface area contributed by atoms with E-state index in [1.165, 1.54) is 58.0 Å². The first kappa shape index (κ1) is 19.4. The van der Waals surface area contributed by atoms with Crippen LogP contribution in [0.3, 0.4) is 0 Å². The molecule has 0 heterocycles. The maximum absolute atomic E-state index is 3.81. The molecule has 0 bridgehead atoms. The largest absolute Gasteiger partial charge is 0.300 e. The number of hydrogen-bond acceptors (Lipinski definition) is 1. The van der Waals surface area contributed by atoms with E-state index >= 15 is 0 Å². The molecule has 19 heavy (non-hydrogen) atoms. The number of alkyl halides is 1. The molecule has 0 aromatic rings. The standard InChI is InChI=1S/C17H36BrN/c1-6-9-10-13-19(16(4)5)15-17(14-18,11-7-2)12-8-3/h16H,6-15H2,1-5H3. The molecule has 0 radical (unpaired) electrons. The van der Waals surface area contributed by atoms with Gasteiger partial charge in [-0.15, -0.1) is 0 Å². The molecule has 0 N–H and O–H groups in total. The molecule has 0 aromatic heterocycles. The van der Waals surface area contributed by atoms with Crippen molar-refractivity contribution in [2.45, 2.75) is 85.6 Å². The van der Waals surface area contributed by atoms with Gasteiger partial charge in [-0.05, 0) is 45.1 Å². The summed E-state index contributed by atoms with van der Waals surface area (Å²) in [5, 5.41) is 1.15. The first-order valence-corrected chi connectivity index (χ1v) is 9.47. The van der Waals surface area contributed by atoms with Gasteiger partial charge in [0, 0.05) is 17.9 Å². The normalized spacial score (nSPS) is 12.6. The fraction of sp³-hybridized carbons (Fsp3) is 1.00. The van der Waals surface area contributed by atoms with Crippen LogP contribution in [0, 0.1) is 5.41 Å². The van der Waals surface area contributed by atoms with Gasteiger partial charge in [-0.2, -0.15) is 0 Å². The van der Waals surface area contributed by atoms with Gasteiger partial charge in [0.15, 0.2) is 0 Å². The van der Waals surface area contributed by atoms with Gasteiger partial charge in [0.05, 0.1) is 0 Å². The van der Waals surface area contributed by atoms with Gasteiger partial charge in [-0.25, -0.2) is 0 Å². The van der Waals surface area contributed by atoms with Crippen LogP contribution in [0.1, 0.15) is 79.6 Å². The minimum atomic E-state index is 0.486. The lowest BCUT2D eigenvalue weighted by atomic mass is 9.80. The zero-order valence-electron chi connectivity index (χ0n) is 14.0. The highest BCUT2D eigenvalue weighted by atomic mass is 79.9. The Hall–Kier alpha value is 0.440. The maximum atomic E-state index is 3.81. The van der Waals surface area contributed by atoms with Crippen LogP contribution in [-0.2, 0) is 0 Å². The van der Waals surface area contributed by atoms with Gasteiger partial charge >= 0.3 is 0 Å². The molecule has 0 aliphatic heterocycles. The molecule has 0 saturated carbocycles. The lowest BCUT2D eigenvalue weighted by molar-refractivity contribution is 0.118. The Balaban J connectivity index is 4.62. The monoisotopic (exact) mass is 333 g/mol. The molecule has 2 heteroatoms. The quantitative estimate of drug-likeness (QED) is 0.319. The molecule has 0 unspecified atom stereocenters. The van der Waals surface area contributed by atoms with E-state index in [4.69, 9.17) is 0 Å². The molecule has 0 atom stereocenters. The first-order chi connectivity index (χ1) is 9.05. The summed E-state index contributed by atoms with van der Waals surface area (Å²) in [5.74, 6) is 0. The summed E-state index contributed by atoms with van der Waals surface area (Å²) in [5.41, 5.74) is 0.486. The van der Waals surface area contributed by atoms with Crippen LogP contribution >= 0.6 is 15.9 Å². The van der Waals surface area contributed by atoms with Gasteiger partial charge in [-0.3, -0.25) is 0 Å². The second-order valence-corrected chi connectivity index (χ2v) is 6.97. The molecule has 1 nitrogen and oxygen atoms in total. The van der Waals surface area contributed by atoms with Crippen molar-refractivity contribution in [1.29, 1.82) is 0 Å². The summed E-state index contributed by atoms with van der Waals surface area (Å²) in [6.07, 6.45) is 9.34. The van der Waals surface area contributed by atoms with E-state index in [-0.39, 0.29) is 0 Å². The summed E-state index contributed by atoms with van der Waals surface area (Å²) in [7, 11) is 0. The predicted molar refractivity (Wildman–Crippen MR) is 92.3 cm³/mol. The van der Waals surface area contributed by atoms with Crippen molar-refractivity contribution < 1.29 is 0 Å². The summed E-state index contributed by atoms with van der Waals surface area (Å²) in [6, 6.07) is 0.670. The van der Waals surface area contributed by atoms with E-state index in [1.807, 2.05) is 0 Å². The second-order valence-electron chi connectivity index (χ2n) is 6.40. The second kappa shape index (κ2) is 11.1. The van der Waals surface area contributed by atoms with E-state index in [0.717, 1.165) is 5.33 Å². The minimum Gasteiger partial charge on any atom is -0.300 e. The van der Waals surface area contributed by atoms with Crippen LogP contribution in [0.4, 0.5) is 0 Å². The summed E-state index contributed by atoms with van der Waals surface area (Å²) in [6.45, 7) is 14.2. The summed E-state index contributed by atoms with van der Waals surface area (Å²) in [4.78, 5) is 2.71. The zero-order chi connectivity index (χ0) is 14.7. The highest BCUT2D eigenvalue weighted by molar-refractivity contribution is 9.09. The van der Waals surface area contributed by atoms with Crippen molar-refractivity contribution in [1.82, 2.24) is 4.90 Å². The van der Waals surface area contributed by atoms with E-state index in [9.17, 15) is 0 Å². The van der Waals surface area contributed by atoms with Crippen molar-refractivity contribution >= 4 is 15.9 Å². The average Bonchev–Trinajstić information content (AvgIpc) is 2.38. The van der Waals surface area contributed by atoms with Gasteiger partial charge in [0.2, 0.25) is 0 Å². The summed E-state index contributed by atoms with van der Waals surface area (Å²) >= 11 is 3.81. The van der Waals surface area contributed by atoms with E-state index in [1.54, 1.807) is 0 Å². The maximum Gasteiger partial charge on any atom is 0.0100 e. The average molecular weight is 334 g/mol. The van der Waals surface area contributed by atoms with Crippen molar-refractivity contribution in [2.75, 3.05) is 18.4 Å². The topological polar surface area (TPSA) is 3.24 Å². The number of halogens is 1. The van der Waals surface area contributed by atoms with Crippen molar-refractivity contribution in [2.24, 2.45) is 5.41 Å². The highest BCUT2D eigenvalue weighted by Crippen LogP contribution is 2.33. The van der Waals surface area contributed by atoms with E-state index in [2.05, 4.69) is 55.4 Å². The zero-order valence-corrected chi connectivity index (χ0v) is 15.6. The minimum absolute atomic E-state index is 0.486. The molecule has 0 amide bonds. The smallest absolute Gasteiger partial charge is 0.0100 e. The Bertz CT molecular complexity index is 197. The molecular weight excluding hydrogens is 298 g/mol. The van der Waals surface area contributed by atoms with Gasteiger partial charge in [0.1, 0.15) is 0 Å². The molecule has 0 aromatic carbocycles. The predicted octanol–water partition coefficient (Wildman–Crippen LogP) is 5.87. The summed E-state index contributed by atoms with van der Waals surface area (Å²) < 4.78 is 0. The molecule has 0 spiro atoms. The fourth-order valence-electron chi connectivity index (χ4n) is 3.04. The lowest BCUT2D eigenvalue weighted by Gasteiger charge is -2.39. The fourth-order valence-corrected chi connectivity index (χ4v) is 3.77. The van der Waals surface area contributed by atoms with Gasteiger partial charge in [-0.1, -0.05) is 62.4 Å². The Morgan fingerprint density at radius 1 is 0.947 bits per heavy atom. The van der Waals surface area contributed by atoms with Crippen LogP contribution in [0.2, 0.25) is 0 Å². The van der Waals surface area contributed by atoms with Crippen LogP contribution in [-0.4, -0.2) is 29.4 Å². The Morgan fingerprint density at radius 2 is 1.53 bits per heavy atom. The Kier molecular flexibility index (Phi) is 11.4. The van der Waals surface area contributed by atoms with Crippen molar-refractivity contribution in [3.8, 4) is 0 Å². The molecule has 116 valence electrons. The highest BCUT2D eigenvalue weighted by Gasteiger charge is 2.30. The van der Waals surface area contributed by atoms with Crippen molar-refractivity contribution in [3.05, 3.63) is 0 Å². The molecule has 0 aliphatic carbocycles. The SMILES string of the molecule is CCCCCN(CC(CBr)(CCC)CCC)C(C)C. The number of hydrogen-bond donors (Lipinski definition) is 0. The van der Waals surface area contributed by atoms with Crippen LogP contribution < -0.4 is 0 Å². The van der Waals surface area contributed by atoms with Gasteiger partial charge < -0.3 is 4.90 Å².